The van der Waals surface area contributed by atoms with Crippen LogP contribution >= 0.6 is 0 Å². The minimum Gasteiger partial charge on any atom is -0.277 e. The highest BCUT2D eigenvalue weighted by Crippen LogP contribution is 2.53. The van der Waals surface area contributed by atoms with E-state index in [1.54, 1.807) is 35.2 Å². The second kappa shape index (κ2) is 5.23. The zero-order chi connectivity index (χ0) is 18.9. The van der Waals surface area contributed by atoms with E-state index in [1.807, 2.05) is 0 Å². The Labute approximate surface area is 153 Å². The van der Waals surface area contributed by atoms with E-state index in [4.69, 9.17) is 0 Å². The molecule has 0 saturated carbocycles. The van der Waals surface area contributed by atoms with E-state index < -0.39 is 47.0 Å². The van der Waals surface area contributed by atoms with Gasteiger partial charge in [-0.05, 0) is 25.0 Å². The molecule has 2 N–H and O–H groups in total. The Morgan fingerprint density at radius 1 is 0.926 bits per heavy atom. The molecule has 138 valence electrons. The first-order chi connectivity index (χ1) is 13.0. The number of hydrogen-bond acceptors (Lipinski definition) is 6. The maximum absolute atomic E-state index is 13.3. The number of hydrogen-bond donors (Lipinski definition) is 2. The first-order valence-corrected chi connectivity index (χ1v) is 8.84. The Bertz CT molecular complexity index is 894. The van der Waals surface area contributed by atoms with Gasteiger partial charge in [-0.25, -0.2) is 9.69 Å². The summed E-state index contributed by atoms with van der Waals surface area (Å²) < 4.78 is 0. The van der Waals surface area contributed by atoms with Crippen LogP contribution in [0.2, 0.25) is 0 Å². The summed E-state index contributed by atoms with van der Waals surface area (Å²) >= 11 is 0. The third kappa shape index (κ3) is 1.79. The molecule has 1 aromatic carbocycles. The molecule has 1 aromatic rings. The first kappa shape index (κ1) is 16.1. The van der Waals surface area contributed by atoms with Crippen molar-refractivity contribution in [3.05, 3.63) is 30.3 Å². The van der Waals surface area contributed by atoms with Crippen LogP contribution in [0, 0.1) is 11.8 Å². The van der Waals surface area contributed by atoms with Crippen molar-refractivity contribution < 1.29 is 24.0 Å². The number of urea groups is 1. The highest BCUT2D eigenvalue weighted by molar-refractivity contribution is 6.31. The molecule has 4 aliphatic heterocycles. The van der Waals surface area contributed by atoms with Crippen LogP contribution in [0.4, 0.5) is 10.5 Å². The zero-order valence-electron chi connectivity index (χ0n) is 14.2. The van der Waals surface area contributed by atoms with Gasteiger partial charge in [-0.1, -0.05) is 18.2 Å². The minimum absolute atomic E-state index is 0.384. The SMILES string of the molecule is O=C1NC(=O)C2(C(=O)N1)[C@@H]1C(=O)N(c3ccccc3)C(=O)[C@H]1[C@@H]1CCCN12. The van der Waals surface area contributed by atoms with Crippen LogP contribution in [0.1, 0.15) is 12.8 Å². The molecule has 3 atom stereocenters. The highest BCUT2D eigenvalue weighted by Gasteiger charge is 2.76. The molecule has 9 heteroatoms. The zero-order valence-corrected chi connectivity index (χ0v) is 14.2. The predicted octanol–water partition coefficient (Wildman–Crippen LogP) is -0.625. The quantitative estimate of drug-likeness (QED) is 0.504. The number of nitrogens with one attached hydrogen (secondary N) is 2. The molecular weight excluding hydrogens is 352 g/mol. The van der Waals surface area contributed by atoms with Crippen molar-refractivity contribution in [1.82, 2.24) is 15.5 Å². The van der Waals surface area contributed by atoms with Crippen LogP contribution in [-0.2, 0) is 19.2 Å². The molecule has 4 heterocycles. The van der Waals surface area contributed by atoms with Gasteiger partial charge in [-0.3, -0.25) is 34.7 Å². The molecule has 5 rings (SSSR count). The molecule has 1 spiro atoms. The number of benzene rings is 1. The number of barbiturate groups is 1. The lowest BCUT2D eigenvalue weighted by atomic mass is 9.77. The molecule has 0 aromatic heterocycles. The van der Waals surface area contributed by atoms with Crippen molar-refractivity contribution in [1.29, 1.82) is 0 Å². The summed E-state index contributed by atoms with van der Waals surface area (Å²) in [6.07, 6.45) is 1.32. The number of rotatable bonds is 1. The van der Waals surface area contributed by atoms with E-state index in [9.17, 15) is 24.0 Å². The van der Waals surface area contributed by atoms with Crippen LogP contribution < -0.4 is 15.5 Å². The molecule has 0 unspecified atom stereocenters. The second-order valence-electron chi connectivity index (χ2n) is 7.26. The van der Waals surface area contributed by atoms with Gasteiger partial charge in [0, 0.05) is 12.6 Å². The van der Waals surface area contributed by atoms with Crippen molar-refractivity contribution in [3.8, 4) is 0 Å². The molecule has 4 saturated heterocycles. The topological polar surface area (TPSA) is 116 Å². The Balaban J connectivity index is 1.67. The summed E-state index contributed by atoms with van der Waals surface area (Å²) in [5.74, 6) is -4.57. The van der Waals surface area contributed by atoms with Gasteiger partial charge in [0.05, 0.1) is 17.5 Å². The van der Waals surface area contributed by atoms with Gasteiger partial charge in [0.15, 0.2) is 5.54 Å². The predicted molar refractivity (Wildman–Crippen MR) is 90.1 cm³/mol. The van der Waals surface area contributed by atoms with E-state index >= 15 is 0 Å². The number of carbonyl (C=O) groups is 5. The largest absolute Gasteiger partial charge is 0.328 e. The highest BCUT2D eigenvalue weighted by atomic mass is 16.2. The molecule has 4 aliphatic rings. The molecule has 0 bridgehead atoms. The van der Waals surface area contributed by atoms with Gasteiger partial charge in [0.25, 0.3) is 11.8 Å². The smallest absolute Gasteiger partial charge is 0.277 e. The Hall–Kier alpha value is -3.07. The maximum atomic E-state index is 13.3. The van der Waals surface area contributed by atoms with Crippen molar-refractivity contribution in [2.24, 2.45) is 11.8 Å². The van der Waals surface area contributed by atoms with Crippen LogP contribution in [0.5, 0.6) is 0 Å². The van der Waals surface area contributed by atoms with E-state index in [0.29, 0.717) is 25.1 Å². The average Bonchev–Trinajstić information content (AvgIpc) is 3.26. The lowest BCUT2D eigenvalue weighted by molar-refractivity contribution is -0.151. The summed E-state index contributed by atoms with van der Waals surface area (Å²) in [5, 5.41) is 4.25. The third-order valence-corrected chi connectivity index (χ3v) is 6.13. The van der Waals surface area contributed by atoms with Gasteiger partial charge < -0.3 is 0 Å². The van der Waals surface area contributed by atoms with Crippen molar-refractivity contribution >= 4 is 35.3 Å². The van der Waals surface area contributed by atoms with Crippen molar-refractivity contribution in [2.45, 2.75) is 24.4 Å². The molecule has 0 aliphatic carbocycles. The number of carbonyl (C=O) groups excluding carboxylic acids is 5. The second-order valence-corrected chi connectivity index (χ2v) is 7.26. The normalized spacial score (nSPS) is 31.9. The lowest BCUT2D eigenvalue weighted by Crippen LogP contribution is -2.74. The summed E-state index contributed by atoms with van der Waals surface area (Å²) in [5.41, 5.74) is -1.45. The fraction of sp³-hybridized carbons (Fsp3) is 0.389. The van der Waals surface area contributed by atoms with Crippen molar-refractivity contribution in [2.75, 3.05) is 11.4 Å². The van der Waals surface area contributed by atoms with E-state index in [1.165, 1.54) is 0 Å². The molecule has 4 fully saturated rings. The fourth-order valence-corrected chi connectivity index (χ4v) is 5.21. The fourth-order valence-electron chi connectivity index (χ4n) is 5.21. The molecule has 27 heavy (non-hydrogen) atoms. The lowest BCUT2D eigenvalue weighted by Gasteiger charge is -2.40. The van der Waals surface area contributed by atoms with Gasteiger partial charge in [0.1, 0.15) is 0 Å². The minimum atomic E-state index is -1.87. The molecule has 0 radical (unpaired) electrons. The number of fused-ring (bicyclic) bond motifs is 5. The molecule has 9 nitrogen and oxygen atoms in total. The first-order valence-electron chi connectivity index (χ1n) is 8.84. The van der Waals surface area contributed by atoms with Gasteiger partial charge in [-0.2, -0.15) is 0 Å². The van der Waals surface area contributed by atoms with E-state index in [0.717, 1.165) is 4.90 Å². The van der Waals surface area contributed by atoms with Crippen LogP contribution in [0.25, 0.3) is 0 Å². The summed E-state index contributed by atoms with van der Waals surface area (Å²) in [6.45, 7) is 0.415. The Morgan fingerprint density at radius 3 is 2.26 bits per heavy atom. The van der Waals surface area contributed by atoms with E-state index in [-0.39, 0.29) is 6.04 Å². The number of anilines is 1. The van der Waals surface area contributed by atoms with Gasteiger partial charge in [-0.15, -0.1) is 0 Å². The Morgan fingerprint density at radius 2 is 1.59 bits per heavy atom. The Kier molecular flexibility index (Phi) is 3.12. The summed E-state index contributed by atoms with van der Waals surface area (Å²) in [7, 11) is 0. The summed E-state index contributed by atoms with van der Waals surface area (Å²) in [6, 6.07) is 7.17. The number of amides is 6. The number of imide groups is 3. The van der Waals surface area contributed by atoms with Gasteiger partial charge >= 0.3 is 6.03 Å². The maximum Gasteiger partial charge on any atom is 0.328 e. The summed E-state index contributed by atoms with van der Waals surface area (Å²) in [4.78, 5) is 66.6. The number of para-hydroxylation sites is 1. The van der Waals surface area contributed by atoms with Crippen molar-refractivity contribution in [3.63, 3.8) is 0 Å². The number of nitrogens with zero attached hydrogens (tertiary/aromatic N) is 2. The molecule has 6 amide bonds. The molecular formula is C18H16N4O5. The standard InChI is InChI=1S/C18H16N4O5/c23-13-11-10-7-4-8-21(10)18(15(25)19-17(27)20-16(18)26)12(11)14(24)22(13)9-5-2-1-3-6-9/h1-3,5-6,10-12H,4,7-8H2,(H2,19,20,25,26,27)/t10-,11-,12-/m0/s1. The monoisotopic (exact) mass is 368 g/mol. The van der Waals surface area contributed by atoms with Crippen LogP contribution in [0.3, 0.4) is 0 Å². The average molecular weight is 368 g/mol. The van der Waals surface area contributed by atoms with Crippen LogP contribution in [0.15, 0.2) is 30.3 Å². The third-order valence-electron chi connectivity index (χ3n) is 6.13. The van der Waals surface area contributed by atoms with Gasteiger partial charge in [0.2, 0.25) is 11.8 Å². The van der Waals surface area contributed by atoms with E-state index in [2.05, 4.69) is 10.6 Å². The van der Waals surface area contributed by atoms with Crippen LogP contribution in [-0.4, -0.2) is 52.7 Å².